The highest BCUT2D eigenvalue weighted by molar-refractivity contribution is 5.93. The number of benzene rings is 1. The third-order valence-electron chi connectivity index (χ3n) is 2.98. The van der Waals surface area contributed by atoms with Crippen LogP contribution in [0.25, 0.3) is 5.69 Å². The van der Waals surface area contributed by atoms with Gasteiger partial charge in [-0.25, -0.2) is 4.68 Å². The van der Waals surface area contributed by atoms with Gasteiger partial charge in [0.15, 0.2) is 5.69 Å². The van der Waals surface area contributed by atoms with Gasteiger partial charge in [0.05, 0.1) is 19.4 Å². The van der Waals surface area contributed by atoms with E-state index in [1.807, 2.05) is 24.3 Å². The van der Waals surface area contributed by atoms with Crippen molar-refractivity contribution in [3.63, 3.8) is 0 Å². The van der Waals surface area contributed by atoms with Crippen LogP contribution in [0, 0.1) is 0 Å². The Kier molecular flexibility index (Phi) is 5.26. The van der Waals surface area contributed by atoms with Gasteiger partial charge in [0.1, 0.15) is 11.4 Å². The molecule has 1 heterocycles. The molecule has 22 heavy (non-hydrogen) atoms. The topological polar surface area (TPSA) is 78.3 Å². The van der Waals surface area contributed by atoms with Crippen molar-refractivity contribution in [2.24, 2.45) is 0 Å². The zero-order valence-corrected chi connectivity index (χ0v) is 12.6. The van der Waals surface area contributed by atoms with Gasteiger partial charge in [0, 0.05) is 13.7 Å². The molecule has 1 N–H and O–H groups in total. The quantitative estimate of drug-likeness (QED) is 0.781. The lowest BCUT2D eigenvalue weighted by Crippen LogP contribution is -2.25. The Morgan fingerprint density at radius 1 is 1.36 bits per heavy atom. The molecule has 0 aliphatic rings. The molecule has 0 bridgehead atoms. The lowest BCUT2D eigenvalue weighted by Gasteiger charge is -2.08. The first-order chi connectivity index (χ1) is 10.7. The second-order valence-electron chi connectivity index (χ2n) is 4.43. The summed E-state index contributed by atoms with van der Waals surface area (Å²) < 4.78 is 11.9. The van der Waals surface area contributed by atoms with Crippen LogP contribution in [0.4, 0.5) is 0 Å². The Morgan fingerprint density at radius 3 is 2.68 bits per heavy atom. The largest absolute Gasteiger partial charge is 0.497 e. The van der Waals surface area contributed by atoms with E-state index in [0.29, 0.717) is 12.2 Å². The Hall–Kier alpha value is -2.67. The molecule has 0 aliphatic carbocycles. The molecule has 2 rings (SSSR count). The summed E-state index contributed by atoms with van der Waals surface area (Å²) in [7, 11) is 3.15. The van der Waals surface area contributed by atoms with Crippen molar-refractivity contribution in [1.82, 2.24) is 20.3 Å². The number of hydrogen-bond acceptors (Lipinski definition) is 5. The number of hydrogen-bond donors (Lipinski definition) is 1. The summed E-state index contributed by atoms with van der Waals surface area (Å²) >= 11 is 0. The van der Waals surface area contributed by atoms with Gasteiger partial charge in [-0.3, -0.25) is 4.79 Å². The van der Waals surface area contributed by atoms with Crippen LogP contribution in [-0.4, -0.2) is 41.7 Å². The number of amides is 1. The second-order valence-corrected chi connectivity index (χ2v) is 4.43. The minimum Gasteiger partial charge on any atom is -0.497 e. The minimum atomic E-state index is -0.313. The molecule has 0 saturated carbocycles. The Labute approximate surface area is 128 Å². The third-order valence-corrected chi connectivity index (χ3v) is 2.98. The number of nitrogens with zero attached hydrogens (tertiary/aromatic N) is 3. The number of carbonyl (C=O) groups excluding carboxylic acids is 1. The van der Waals surface area contributed by atoms with Crippen molar-refractivity contribution in [1.29, 1.82) is 0 Å². The zero-order chi connectivity index (χ0) is 15.9. The molecule has 0 fully saturated rings. The maximum absolute atomic E-state index is 12.1. The molecule has 0 saturated heterocycles. The van der Waals surface area contributed by atoms with E-state index in [1.165, 1.54) is 0 Å². The van der Waals surface area contributed by atoms with E-state index in [2.05, 4.69) is 22.2 Å². The average molecular weight is 302 g/mol. The summed E-state index contributed by atoms with van der Waals surface area (Å²) in [6.07, 6.45) is 1.60. The lowest BCUT2D eigenvalue weighted by atomic mass is 10.2. The summed E-state index contributed by atoms with van der Waals surface area (Å²) in [5.74, 6) is 0.424. The van der Waals surface area contributed by atoms with Crippen molar-refractivity contribution >= 4 is 5.91 Å². The summed E-state index contributed by atoms with van der Waals surface area (Å²) in [5, 5.41) is 10.7. The highest BCUT2D eigenvalue weighted by atomic mass is 16.5. The van der Waals surface area contributed by atoms with Crippen LogP contribution in [-0.2, 0) is 11.3 Å². The summed E-state index contributed by atoms with van der Waals surface area (Å²) in [6.45, 7) is 4.14. The van der Waals surface area contributed by atoms with Gasteiger partial charge in [0.2, 0.25) is 0 Å². The highest BCUT2D eigenvalue weighted by Gasteiger charge is 2.20. The van der Waals surface area contributed by atoms with E-state index in [0.717, 1.165) is 11.4 Å². The van der Waals surface area contributed by atoms with E-state index in [-0.39, 0.29) is 18.2 Å². The predicted octanol–water partition coefficient (Wildman–Crippen LogP) is 1.34. The van der Waals surface area contributed by atoms with Gasteiger partial charge >= 0.3 is 0 Å². The predicted molar refractivity (Wildman–Crippen MR) is 81.2 cm³/mol. The average Bonchev–Trinajstić information content (AvgIpc) is 2.97. The standard InChI is InChI=1S/C15H18N4O3/c1-4-9-16-15(20)14-13(10-21-2)19(18-17-14)11-5-7-12(22-3)8-6-11/h4-8H,1,9-10H2,2-3H3,(H,16,20). The first-order valence-corrected chi connectivity index (χ1v) is 6.68. The fourth-order valence-corrected chi connectivity index (χ4v) is 1.92. The molecule has 0 spiro atoms. The van der Waals surface area contributed by atoms with Crippen LogP contribution < -0.4 is 10.1 Å². The van der Waals surface area contributed by atoms with Crippen LogP contribution in [0.2, 0.25) is 0 Å². The number of nitrogens with one attached hydrogen (secondary N) is 1. The van der Waals surface area contributed by atoms with Crippen LogP contribution in [0.3, 0.4) is 0 Å². The van der Waals surface area contributed by atoms with Crippen molar-refractivity contribution in [3.05, 3.63) is 48.3 Å². The second kappa shape index (κ2) is 7.37. The van der Waals surface area contributed by atoms with Crippen LogP contribution in [0.5, 0.6) is 5.75 Å². The third kappa shape index (κ3) is 3.32. The fourth-order valence-electron chi connectivity index (χ4n) is 1.92. The Morgan fingerprint density at radius 2 is 2.09 bits per heavy atom. The van der Waals surface area contributed by atoms with Crippen LogP contribution in [0.1, 0.15) is 16.2 Å². The van der Waals surface area contributed by atoms with E-state index in [4.69, 9.17) is 9.47 Å². The highest BCUT2D eigenvalue weighted by Crippen LogP contribution is 2.17. The molecule has 0 atom stereocenters. The number of aromatic nitrogens is 3. The van der Waals surface area contributed by atoms with Gasteiger partial charge < -0.3 is 14.8 Å². The van der Waals surface area contributed by atoms with Crippen molar-refractivity contribution in [3.8, 4) is 11.4 Å². The maximum Gasteiger partial charge on any atom is 0.274 e. The van der Waals surface area contributed by atoms with E-state index >= 15 is 0 Å². The lowest BCUT2D eigenvalue weighted by molar-refractivity contribution is 0.0947. The first-order valence-electron chi connectivity index (χ1n) is 6.68. The molecule has 116 valence electrons. The molecule has 0 radical (unpaired) electrons. The normalized spacial score (nSPS) is 10.3. The number of rotatable bonds is 7. The summed E-state index contributed by atoms with van der Waals surface area (Å²) in [4.78, 5) is 12.1. The van der Waals surface area contributed by atoms with E-state index in [1.54, 1.807) is 25.0 Å². The van der Waals surface area contributed by atoms with Gasteiger partial charge in [-0.05, 0) is 24.3 Å². The van der Waals surface area contributed by atoms with Crippen LogP contribution >= 0.6 is 0 Å². The first kappa shape index (κ1) is 15.7. The molecule has 0 unspecified atom stereocenters. The number of methoxy groups -OCH3 is 2. The smallest absolute Gasteiger partial charge is 0.274 e. The zero-order valence-electron chi connectivity index (χ0n) is 12.6. The molecule has 7 heteroatoms. The van der Waals surface area contributed by atoms with Gasteiger partial charge in [-0.1, -0.05) is 11.3 Å². The summed E-state index contributed by atoms with van der Waals surface area (Å²) in [6, 6.07) is 7.28. The number of carbonyl (C=O) groups is 1. The van der Waals surface area contributed by atoms with Gasteiger partial charge in [0.25, 0.3) is 5.91 Å². The van der Waals surface area contributed by atoms with Crippen LogP contribution in [0.15, 0.2) is 36.9 Å². The molecule has 2 aromatic rings. The van der Waals surface area contributed by atoms with Crippen molar-refractivity contribution in [2.45, 2.75) is 6.61 Å². The van der Waals surface area contributed by atoms with E-state index < -0.39 is 0 Å². The SMILES string of the molecule is C=CCNC(=O)c1nnn(-c2ccc(OC)cc2)c1COC. The Balaban J connectivity index is 2.36. The monoisotopic (exact) mass is 302 g/mol. The van der Waals surface area contributed by atoms with Crippen molar-refractivity contribution in [2.75, 3.05) is 20.8 Å². The fraction of sp³-hybridized carbons (Fsp3) is 0.267. The molecule has 7 nitrogen and oxygen atoms in total. The molecule has 1 aromatic carbocycles. The van der Waals surface area contributed by atoms with E-state index in [9.17, 15) is 4.79 Å². The van der Waals surface area contributed by atoms with Gasteiger partial charge in [-0.15, -0.1) is 11.7 Å². The molecular weight excluding hydrogens is 284 g/mol. The van der Waals surface area contributed by atoms with Crippen molar-refractivity contribution < 1.29 is 14.3 Å². The maximum atomic E-state index is 12.1. The van der Waals surface area contributed by atoms with Gasteiger partial charge in [-0.2, -0.15) is 0 Å². The minimum absolute atomic E-state index is 0.218. The molecule has 1 aromatic heterocycles. The molecule has 1 amide bonds. The number of ether oxygens (including phenoxy) is 2. The Bertz CT molecular complexity index is 649. The molecular formula is C15H18N4O3. The summed E-state index contributed by atoms with van der Waals surface area (Å²) in [5.41, 5.74) is 1.58. The molecule has 0 aliphatic heterocycles.